The average molecular weight is 438 g/mol. The fourth-order valence-electron chi connectivity index (χ4n) is 2.95. The Hall–Kier alpha value is -2.96. The van der Waals surface area contributed by atoms with Gasteiger partial charge in [-0.15, -0.1) is 11.8 Å². The molecule has 0 atom stereocenters. The molecule has 1 amide bonds. The van der Waals surface area contributed by atoms with Gasteiger partial charge in [-0.2, -0.15) is 0 Å². The molecule has 0 fully saturated rings. The Kier molecular flexibility index (Phi) is 6.26. The maximum Gasteiger partial charge on any atom is 0.234 e. The molecule has 0 spiro atoms. The van der Waals surface area contributed by atoms with E-state index < -0.39 is 0 Å². The van der Waals surface area contributed by atoms with Crippen molar-refractivity contribution >= 4 is 57.1 Å². The van der Waals surface area contributed by atoms with Gasteiger partial charge in [0.05, 0.1) is 27.9 Å². The number of anilines is 1. The third-order valence-electron chi connectivity index (χ3n) is 4.36. The van der Waals surface area contributed by atoms with Gasteiger partial charge in [-0.1, -0.05) is 35.9 Å². The van der Waals surface area contributed by atoms with Gasteiger partial charge in [0.25, 0.3) is 0 Å². The quantitative estimate of drug-likeness (QED) is 0.513. The summed E-state index contributed by atoms with van der Waals surface area (Å²) in [5, 5.41) is 4.19. The second kappa shape index (κ2) is 9.24. The summed E-state index contributed by atoms with van der Waals surface area (Å²) >= 11 is 7.52. The van der Waals surface area contributed by atoms with Gasteiger partial charge in [0, 0.05) is 17.1 Å². The predicted molar refractivity (Wildman–Crippen MR) is 123 cm³/mol. The van der Waals surface area contributed by atoms with Gasteiger partial charge in [-0.05, 0) is 54.1 Å². The lowest BCUT2D eigenvalue weighted by Crippen LogP contribution is -2.16. The SMILES string of the molecule is O=C(CSC1=Nc2ccccc2N=C(c2cccc(Cl)c2)C1)Nc1ccc(F)cc1. The van der Waals surface area contributed by atoms with Crippen molar-refractivity contribution in [3.8, 4) is 0 Å². The van der Waals surface area contributed by atoms with E-state index in [2.05, 4.69) is 5.32 Å². The predicted octanol–water partition coefficient (Wildman–Crippen LogP) is 6.41. The summed E-state index contributed by atoms with van der Waals surface area (Å²) in [7, 11) is 0. The Labute approximate surface area is 182 Å². The maximum absolute atomic E-state index is 13.0. The van der Waals surface area contributed by atoms with Crippen molar-refractivity contribution in [1.29, 1.82) is 0 Å². The van der Waals surface area contributed by atoms with Crippen LogP contribution in [-0.4, -0.2) is 22.4 Å². The molecule has 1 aliphatic rings. The number of hydrogen-bond donors (Lipinski definition) is 1. The van der Waals surface area contributed by atoms with Crippen LogP contribution in [0.25, 0.3) is 0 Å². The van der Waals surface area contributed by atoms with Crippen molar-refractivity contribution in [3.63, 3.8) is 0 Å². The molecule has 3 aromatic carbocycles. The van der Waals surface area contributed by atoms with E-state index in [1.807, 2.05) is 48.5 Å². The molecule has 30 heavy (non-hydrogen) atoms. The van der Waals surface area contributed by atoms with Crippen molar-refractivity contribution < 1.29 is 9.18 Å². The number of thioether (sulfide) groups is 1. The first-order valence-electron chi connectivity index (χ1n) is 9.25. The molecule has 150 valence electrons. The van der Waals surface area contributed by atoms with Crippen molar-refractivity contribution in [2.24, 2.45) is 9.98 Å². The highest BCUT2D eigenvalue weighted by Crippen LogP contribution is 2.33. The van der Waals surface area contributed by atoms with Crippen LogP contribution < -0.4 is 5.32 Å². The summed E-state index contributed by atoms with van der Waals surface area (Å²) in [4.78, 5) is 21.9. The van der Waals surface area contributed by atoms with E-state index in [9.17, 15) is 9.18 Å². The number of para-hydroxylation sites is 2. The second-order valence-corrected chi connectivity index (χ2v) is 8.07. The molecule has 1 N–H and O–H groups in total. The molecule has 4 nitrogen and oxygen atoms in total. The molecule has 0 aliphatic carbocycles. The van der Waals surface area contributed by atoms with Crippen LogP contribution in [0.3, 0.4) is 0 Å². The van der Waals surface area contributed by atoms with Gasteiger partial charge in [0.1, 0.15) is 5.82 Å². The third-order valence-corrected chi connectivity index (χ3v) is 5.57. The van der Waals surface area contributed by atoms with Crippen LogP contribution >= 0.6 is 23.4 Å². The Morgan fingerprint density at radius 3 is 2.47 bits per heavy atom. The molecule has 1 aliphatic heterocycles. The lowest BCUT2D eigenvalue weighted by Gasteiger charge is -2.08. The number of fused-ring (bicyclic) bond motifs is 1. The number of benzene rings is 3. The lowest BCUT2D eigenvalue weighted by atomic mass is 10.1. The molecule has 0 radical (unpaired) electrons. The molecule has 0 unspecified atom stereocenters. The van der Waals surface area contributed by atoms with Crippen LogP contribution in [0.4, 0.5) is 21.5 Å². The highest BCUT2D eigenvalue weighted by molar-refractivity contribution is 8.14. The van der Waals surface area contributed by atoms with Gasteiger partial charge in [-0.3, -0.25) is 9.79 Å². The van der Waals surface area contributed by atoms with E-state index in [-0.39, 0.29) is 17.5 Å². The van der Waals surface area contributed by atoms with E-state index in [0.717, 1.165) is 27.7 Å². The summed E-state index contributed by atoms with van der Waals surface area (Å²) < 4.78 is 13.0. The zero-order valence-electron chi connectivity index (χ0n) is 15.8. The van der Waals surface area contributed by atoms with E-state index in [4.69, 9.17) is 21.6 Å². The van der Waals surface area contributed by atoms with Crippen molar-refractivity contribution in [2.75, 3.05) is 11.1 Å². The Morgan fingerprint density at radius 2 is 1.73 bits per heavy atom. The molecule has 0 saturated carbocycles. The highest BCUT2D eigenvalue weighted by atomic mass is 35.5. The fraction of sp³-hybridized carbons (Fsp3) is 0.0870. The average Bonchev–Trinajstić information content (AvgIpc) is 2.93. The molecule has 0 saturated heterocycles. The minimum absolute atomic E-state index is 0.182. The smallest absolute Gasteiger partial charge is 0.234 e. The third kappa shape index (κ3) is 5.14. The van der Waals surface area contributed by atoms with E-state index in [1.165, 1.54) is 36.0 Å². The number of aliphatic imine (C=N–C) groups is 2. The summed E-state index contributed by atoms with van der Waals surface area (Å²) in [6.45, 7) is 0. The van der Waals surface area contributed by atoms with Gasteiger partial charge < -0.3 is 5.32 Å². The monoisotopic (exact) mass is 437 g/mol. The van der Waals surface area contributed by atoms with Crippen LogP contribution in [-0.2, 0) is 4.79 Å². The largest absolute Gasteiger partial charge is 0.325 e. The first-order chi connectivity index (χ1) is 14.6. The highest BCUT2D eigenvalue weighted by Gasteiger charge is 2.17. The number of carbonyl (C=O) groups is 1. The van der Waals surface area contributed by atoms with Crippen LogP contribution in [0.1, 0.15) is 12.0 Å². The van der Waals surface area contributed by atoms with Crippen molar-refractivity contribution in [1.82, 2.24) is 0 Å². The first-order valence-corrected chi connectivity index (χ1v) is 10.6. The summed E-state index contributed by atoms with van der Waals surface area (Å²) in [6, 6.07) is 20.9. The summed E-state index contributed by atoms with van der Waals surface area (Å²) in [6.07, 6.45) is 0.490. The van der Waals surface area contributed by atoms with Gasteiger partial charge in [0.2, 0.25) is 5.91 Å². The minimum atomic E-state index is -0.346. The number of carbonyl (C=O) groups excluding carboxylic acids is 1. The number of amides is 1. The second-order valence-electron chi connectivity index (χ2n) is 6.58. The van der Waals surface area contributed by atoms with Crippen molar-refractivity contribution in [3.05, 3.63) is 89.2 Å². The van der Waals surface area contributed by atoms with E-state index >= 15 is 0 Å². The topological polar surface area (TPSA) is 53.8 Å². The van der Waals surface area contributed by atoms with Crippen LogP contribution in [0.15, 0.2) is 82.8 Å². The number of rotatable bonds is 4. The molecule has 7 heteroatoms. The number of nitrogens with zero attached hydrogens (tertiary/aromatic N) is 2. The Morgan fingerprint density at radius 1 is 1.00 bits per heavy atom. The van der Waals surface area contributed by atoms with Gasteiger partial charge >= 0.3 is 0 Å². The van der Waals surface area contributed by atoms with E-state index in [1.54, 1.807) is 0 Å². The number of halogens is 2. The molecule has 0 bridgehead atoms. The van der Waals surface area contributed by atoms with Gasteiger partial charge in [-0.25, -0.2) is 9.38 Å². The van der Waals surface area contributed by atoms with Crippen LogP contribution in [0, 0.1) is 5.82 Å². The molecular weight excluding hydrogens is 421 g/mol. The first kappa shape index (κ1) is 20.3. The lowest BCUT2D eigenvalue weighted by molar-refractivity contribution is -0.113. The number of hydrogen-bond acceptors (Lipinski definition) is 4. The summed E-state index contributed by atoms with van der Waals surface area (Å²) in [5.74, 6) is -0.351. The molecule has 1 heterocycles. The standard InChI is InChI=1S/C23H17ClFN3OS/c24-16-5-3-4-15(12-16)21-13-23(28-20-7-2-1-6-19(20)27-21)30-14-22(29)26-18-10-8-17(25)9-11-18/h1-12H,13-14H2,(H,26,29). The van der Waals surface area contributed by atoms with E-state index in [0.29, 0.717) is 17.1 Å². The molecule has 3 aromatic rings. The van der Waals surface area contributed by atoms with Crippen LogP contribution in [0.2, 0.25) is 5.02 Å². The maximum atomic E-state index is 13.0. The molecule has 0 aromatic heterocycles. The van der Waals surface area contributed by atoms with Crippen molar-refractivity contribution in [2.45, 2.75) is 6.42 Å². The minimum Gasteiger partial charge on any atom is -0.325 e. The zero-order valence-corrected chi connectivity index (χ0v) is 17.4. The number of nitrogens with one attached hydrogen (secondary N) is 1. The van der Waals surface area contributed by atoms with Gasteiger partial charge in [0.15, 0.2) is 0 Å². The summed E-state index contributed by atoms with van der Waals surface area (Å²) in [5.41, 5.74) is 3.85. The fourth-order valence-corrected chi connectivity index (χ4v) is 3.91. The van der Waals surface area contributed by atoms with Crippen LogP contribution in [0.5, 0.6) is 0 Å². The Bertz CT molecular complexity index is 1150. The molecule has 4 rings (SSSR count). The Balaban J connectivity index is 1.52. The normalized spacial score (nSPS) is 13.0. The molecular formula is C23H17ClFN3OS. The zero-order chi connectivity index (χ0) is 20.9.